The quantitative estimate of drug-likeness (QED) is 0.296. The molecule has 1 atom stereocenters. The van der Waals surface area contributed by atoms with E-state index in [0.717, 1.165) is 12.1 Å². The Labute approximate surface area is 191 Å². The van der Waals surface area contributed by atoms with Crippen molar-refractivity contribution in [3.63, 3.8) is 0 Å². The normalized spacial score (nSPS) is 16.5. The molecule has 1 aromatic carbocycles. The first kappa shape index (κ1) is 22.3. The van der Waals surface area contributed by atoms with Crippen molar-refractivity contribution in [1.29, 1.82) is 0 Å². The highest BCUT2D eigenvalue weighted by Gasteiger charge is 2.22. The zero-order valence-electron chi connectivity index (χ0n) is 18.5. The number of ether oxygens (including phenoxy) is 2. The first-order valence-corrected chi connectivity index (χ1v) is 10.5. The number of aldehydes is 1. The van der Waals surface area contributed by atoms with Gasteiger partial charge in [0.15, 0.2) is 5.82 Å². The number of benzene rings is 1. The van der Waals surface area contributed by atoms with E-state index in [1.165, 1.54) is 6.08 Å². The van der Waals surface area contributed by atoms with Gasteiger partial charge in [-0.15, -0.1) is 0 Å². The summed E-state index contributed by atoms with van der Waals surface area (Å²) in [7, 11) is 3.17. The molecule has 4 rings (SSSR count). The van der Waals surface area contributed by atoms with Crippen LogP contribution >= 0.6 is 0 Å². The number of aliphatic hydroxyl groups is 1. The Bertz CT molecular complexity index is 1250. The molecule has 3 aromatic rings. The number of nitrogens with one attached hydrogen (secondary N) is 1. The van der Waals surface area contributed by atoms with Crippen LogP contribution in [0, 0.1) is 11.8 Å². The minimum Gasteiger partial charge on any atom is -0.497 e. The number of fused-ring (bicyclic) bond motifs is 1. The van der Waals surface area contributed by atoms with Crippen molar-refractivity contribution in [3.8, 4) is 23.3 Å². The number of β-amino-alcohol motifs (C(OH)–C–C–N with tert-alkyl or cyclic N) is 1. The maximum Gasteiger partial charge on any atom is 0.161 e. The summed E-state index contributed by atoms with van der Waals surface area (Å²) in [5.74, 6) is 8.12. The van der Waals surface area contributed by atoms with Gasteiger partial charge in [-0.2, -0.15) is 0 Å². The van der Waals surface area contributed by atoms with E-state index in [2.05, 4.69) is 31.7 Å². The van der Waals surface area contributed by atoms with Gasteiger partial charge in [-0.25, -0.2) is 9.97 Å². The lowest BCUT2D eigenvalue weighted by Gasteiger charge is -2.16. The Hall–Kier alpha value is -3.87. The number of H-pyrrole nitrogens is 1. The molecule has 9 heteroatoms. The Morgan fingerprint density at radius 2 is 2.03 bits per heavy atom. The standard InChI is InChI=1S/C24H25N5O4/c1-32-19-9-15(10-20(11-19)33-2)3-4-16-12-26-24-21(16)22(25)27-23(28-24)17(6-8-30)13-29-7-5-18(31)14-29/h6,8-12,18,31H,5,7,13-14H2,1-2H3,(H3,25,26,27,28). The molecule has 3 heterocycles. The number of carbonyl (C=O) groups is 1. The average molecular weight is 447 g/mol. The molecular formula is C24H25N5O4. The zero-order valence-corrected chi connectivity index (χ0v) is 18.5. The van der Waals surface area contributed by atoms with Gasteiger partial charge in [0, 0.05) is 43.0 Å². The van der Waals surface area contributed by atoms with Crippen LogP contribution < -0.4 is 15.2 Å². The topological polar surface area (TPSA) is 127 Å². The smallest absolute Gasteiger partial charge is 0.161 e. The molecular weight excluding hydrogens is 422 g/mol. The van der Waals surface area contributed by atoms with E-state index in [9.17, 15) is 9.90 Å². The van der Waals surface area contributed by atoms with Crippen molar-refractivity contribution in [3.05, 3.63) is 47.4 Å². The summed E-state index contributed by atoms with van der Waals surface area (Å²) in [6.45, 7) is 1.74. The Kier molecular flexibility index (Phi) is 6.58. The predicted molar refractivity (Wildman–Crippen MR) is 125 cm³/mol. The number of methoxy groups -OCH3 is 2. The van der Waals surface area contributed by atoms with Crippen LogP contribution in [0.4, 0.5) is 5.82 Å². The maximum absolute atomic E-state index is 11.2. The molecule has 9 nitrogen and oxygen atoms in total. The number of nitrogens with zero attached hydrogens (tertiary/aromatic N) is 3. The second-order valence-corrected chi connectivity index (χ2v) is 7.72. The van der Waals surface area contributed by atoms with Crippen LogP contribution in [0.3, 0.4) is 0 Å². The van der Waals surface area contributed by atoms with Crippen LogP contribution in [0.25, 0.3) is 16.6 Å². The van der Waals surface area contributed by atoms with Crippen molar-refractivity contribution in [2.75, 3.05) is 39.6 Å². The molecule has 33 heavy (non-hydrogen) atoms. The summed E-state index contributed by atoms with van der Waals surface area (Å²) < 4.78 is 10.6. The number of carbonyl (C=O) groups excluding carboxylic acids is 1. The molecule has 170 valence electrons. The number of aromatic nitrogens is 3. The molecule has 0 saturated carbocycles. The maximum atomic E-state index is 11.2. The highest BCUT2D eigenvalue weighted by molar-refractivity contribution is 5.93. The number of hydrogen-bond donors (Lipinski definition) is 3. The van der Waals surface area contributed by atoms with Crippen molar-refractivity contribution in [2.24, 2.45) is 0 Å². The molecule has 4 N–H and O–H groups in total. The van der Waals surface area contributed by atoms with Crippen molar-refractivity contribution in [2.45, 2.75) is 12.5 Å². The fraction of sp³-hybridized carbons (Fsp3) is 0.292. The average Bonchev–Trinajstić information content (AvgIpc) is 3.42. The van der Waals surface area contributed by atoms with Crippen LogP contribution in [0.2, 0.25) is 0 Å². The lowest BCUT2D eigenvalue weighted by Crippen LogP contribution is -2.24. The summed E-state index contributed by atoms with van der Waals surface area (Å²) in [5, 5.41) is 10.4. The van der Waals surface area contributed by atoms with Crippen molar-refractivity contribution >= 4 is 28.7 Å². The summed E-state index contributed by atoms with van der Waals surface area (Å²) in [5.41, 5.74) is 8.82. The summed E-state index contributed by atoms with van der Waals surface area (Å²) in [4.78, 5) is 25.4. The molecule has 0 aliphatic carbocycles. The highest BCUT2D eigenvalue weighted by Crippen LogP contribution is 2.26. The van der Waals surface area contributed by atoms with Crippen LogP contribution in [-0.2, 0) is 4.79 Å². The van der Waals surface area contributed by atoms with Crippen molar-refractivity contribution in [1.82, 2.24) is 19.9 Å². The van der Waals surface area contributed by atoms with Gasteiger partial charge in [-0.1, -0.05) is 11.8 Å². The van der Waals surface area contributed by atoms with Gasteiger partial charge in [0.05, 0.1) is 31.3 Å². The Morgan fingerprint density at radius 3 is 2.67 bits per heavy atom. The van der Waals surface area contributed by atoms with E-state index in [0.29, 0.717) is 65.3 Å². The fourth-order valence-corrected chi connectivity index (χ4v) is 3.80. The molecule has 1 saturated heterocycles. The minimum absolute atomic E-state index is 0.266. The lowest BCUT2D eigenvalue weighted by molar-refractivity contribution is -0.104. The van der Waals surface area contributed by atoms with Gasteiger partial charge in [0.2, 0.25) is 0 Å². The molecule has 0 amide bonds. The molecule has 1 unspecified atom stereocenters. The number of rotatable bonds is 6. The van der Waals surface area contributed by atoms with Crippen LogP contribution in [-0.4, -0.2) is 71.2 Å². The van der Waals surface area contributed by atoms with Gasteiger partial charge in [-0.3, -0.25) is 9.69 Å². The van der Waals surface area contributed by atoms with Crippen LogP contribution in [0.15, 0.2) is 30.5 Å². The van der Waals surface area contributed by atoms with Gasteiger partial charge < -0.3 is 25.3 Å². The number of hydrogen-bond acceptors (Lipinski definition) is 8. The Morgan fingerprint density at radius 1 is 1.27 bits per heavy atom. The number of nitrogens with two attached hydrogens (primary N) is 1. The number of aliphatic hydroxyl groups excluding tert-OH is 1. The molecule has 1 fully saturated rings. The molecule has 0 radical (unpaired) electrons. The third-order valence-corrected chi connectivity index (χ3v) is 5.45. The Balaban J connectivity index is 1.66. The van der Waals surface area contributed by atoms with E-state index in [1.807, 2.05) is 12.1 Å². The number of nitrogen functional groups attached to an aromatic ring is 1. The monoisotopic (exact) mass is 447 g/mol. The van der Waals surface area contributed by atoms with Crippen LogP contribution in [0.1, 0.15) is 23.4 Å². The van der Waals surface area contributed by atoms with Crippen molar-refractivity contribution < 1.29 is 19.4 Å². The first-order chi connectivity index (χ1) is 16.0. The van der Waals surface area contributed by atoms with E-state index in [-0.39, 0.29) is 11.9 Å². The highest BCUT2D eigenvalue weighted by atomic mass is 16.5. The number of allylic oxidation sites excluding steroid dienone is 1. The largest absolute Gasteiger partial charge is 0.497 e. The minimum atomic E-state index is -0.356. The van der Waals surface area contributed by atoms with Gasteiger partial charge in [0.1, 0.15) is 29.3 Å². The van der Waals surface area contributed by atoms with Gasteiger partial charge in [-0.05, 0) is 24.6 Å². The molecule has 0 bridgehead atoms. The third-order valence-electron chi connectivity index (χ3n) is 5.45. The number of likely N-dealkylation sites (tertiary alicyclic amines) is 1. The first-order valence-electron chi connectivity index (χ1n) is 10.5. The summed E-state index contributed by atoms with van der Waals surface area (Å²) in [6.07, 6.45) is 4.22. The second kappa shape index (κ2) is 9.73. The molecule has 1 aliphatic rings. The third kappa shape index (κ3) is 4.98. The van der Waals surface area contributed by atoms with Crippen LogP contribution in [0.5, 0.6) is 11.5 Å². The fourth-order valence-electron chi connectivity index (χ4n) is 3.80. The predicted octanol–water partition coefficient (Wildman–Crippen LogP) is 1.61. The number of aromatic amines is 1. The summed E-state index contributed by atoms with van der Waals surface area (Å²) >= 11 is 0. The summed E-state index contributed by atoms with van der Waals surface area (Å²) in [6, 6.07) is 5.40. The molecule has 0 spiro atoms. The van der Waals surface area contributed by atoms with Gasteiger partial charge >= 0.3 is 0 Å². The zero-order chi connectivity index (χ0) is 23.4. The lowest BCUT2D eigenvalue weighted by atomic mass is 10.1. The molecule has 1 aliphatic heterocycles. The number of anilines is 1. The van der Waals surface area contributed by atoms with E-state index in [1.54, 1.807) is 26.5 Å². The van der Waals surface area contributed by atoms with E-state index >= 15 is 0 Å². The SMILES string of the molecule is COc1cc(C#Cc2c[nH]c3nc(C(=CC=O)CN4CCC(O)C4)nc(N)c23)cc(OC)c1. The second-order valence-electron chi connectivity index (χ2n) is 7.72. The van der Waals surface area contributed by atoms with E-state index < -0.39 is 0 Å². The van der Waals surface area contributed by atoms with E-state index in [4.69, 9.17) is 15.2 Å². The molecule has 2 aromatic heterocycles. The van der Waals surface area contributed by atoms with Gasteiger partial charge in [0.25, 0.3) is 0 Å².